The Hall–Kier alpha value is -0.350. The van der Waals surface area contributed by atoms with Gasteiger partial charge in [0.2, 0.25) is 0 Å². The summed E-state index contributed by atoms with van der Waals surface area (Å²) in [5.41, 5.74) is 0. The second-order valence-corrected chi connectivity index (χ2v) is 6.51. The van der Waals surface area contributed by atoms with Crippen LogP contribution >= 0.6 is 15.9 Å². The highest BCUT2D eigenvalue weighted by molar-refractivity contribution is 9.10. The molecule has 1 aliphatic carbocycles. The summed E-state index contributed by atoms with van der Waals surface area (Å²) in [6.45, 7) is 0. The minimum atomic E-state index is -2.50. The van der Waals surface area contributed by atoms with Crippen molar-refractivity contribution in [3.8, 4) is 0 Å². The summed E-state index contributed by atoms with van der Waals surface area (Å²) in [7, 11) is -2.50. The highest BCUT2D eigenvalue weighted by Gasteiger charge is 2.33. The first-order valence-electron chi connectivity index (χ1n) is 4.14. The van der Waals surface area contributed by atoms with E-state index in [0.29, 0.717) is 4.90 Å². The zero-order valence-electron chi connectivity index (χ0n) is 7.00. The molecule has 1 saturated carbocycles. The lowest BCUT2D eigenvalue weighted by Crippen LogP contribution is -2.04. The van der Waals surface area contributed by atoms with Gasteiger partial charge in [-0.1, -0.05) is 15.9 Å². The topological polar surface area (TPSA) is 40.9 Å². The van der Waals surface area contributed by atoms with Gasteiger partial charge in [-0.2, -0.15) is 0 Å². The van der Waals surface area contributed by atoms with E-state index in [-0.39, 0.29) is 5.25 Å². The quantitative estimate of drug-likeness (QED) is 0.872. The normalized spacial score (nSPS) is 21.0. The maximum atomic E-state index is 11.9. The van der Waals surface area contributed by atoms with Crippen molar-refractivity contribution >= 4 is 25.7 Å². The molecule has 4 heteroatoms. The van der Waals surface area contributed by atoms with Crippen molar-refractivity contribution in [1.82, 2.24) is 0 Å². The van der Waals surface area contributed by atoms with Crippen LogP contribution in [-0.4, -0.2) is 9.46 Å². The maximum absolute atomic E-state index is 11.9. The summed E-state index contributed by atoms with van der Waals surface area (Å²) in [6.07, 6.45) is 1.89. The van der Waals surface area contributed by atoms with Gasteiger partial charge in [-0.3, -0.25) is 0 Å². The zero-order valence-corrected chi connectivity index (χ0v) is 9.40. The number of hydrogen-bond acceptors (Lipinski definition) is 2. The molecule has 1 N–H and O–H groups in total. The molecule has 0 amide bonds. The van der Waals surface area contributed by atoms with E-state index in [0.717, 1.165) is 17.3 Å². The minimum absolute atomic E-state index is 0.105. The lowest BCUT2D eigenvalue weighted by atomic mass is 10.4. The number of halogens is 1. The van der Waals surface area contributed by atoms with E-state index >= 15 is 0 Å². The standard InChI is InChI=1S/C9H10BrNOS/c10-7-1-3-8(4-2-7)13(11,12)9-5-6-9/h1-4,9,11H,5-6H2/t13-/m0/s1. The molecule has 0 bridgehead atoms. The summed E-state index contributed by atoms with van der Waals surface area (Å²) in [5, 5.41) is 0.105. The highest BCUT2D eigenvalue weighted by Crippen LogP contribution is 2.34. The predicted molar refractivity (Wildman–Crippen MR) is 56.3 cm³/mol. The number of hydrogen-bond donors (Lipinski definition) is 1. The number of nitrogens with one attached hydrogen (secondary N) is 1. The van der Waals surface area contributed by atoms with Crippen LogP contribution in [-0.2, 0) is 9.73 Å². The monoisotopic (exact) mass is 259 g/mol. The van der Waals surface area contributed by atoms with E-state index in [9.17, 15) is 4.21 Å². The Balaban J connectivity index is 2.40. The Morgan fingerprint density at radius 1 is 1.31 bits per heavy atom. The predicted octanol–water partition coefficient (Wildman–Crippen LogP) is 3.02. The molecular formula is C9H10BrNOS. The molecule has 1 aromatic carbocycles. The molecule has 0 saturated heterocycles. The molecule has 0 unspecified atom stereocenters. The second-order valence-electron chi connectivity index (χ2n) is 3.25. The number of benzene rings is 1. The van der Waals surface area contributed by atoms with Gasteiger partial charge >= 0.3 is 0 Å². The largest absolute Gasteiger partial charge is 0.249 e. The first-order chi connectivity index (χ1) is 6.10. The van der Waals surface area contributed by atoms with Crippen LogP contribution in [0.15, 0.2) is 33.6 Å². The molecule has 1 atom stereocenters. The minimum Gasteiger partial charge on any atom is -0.249 e. The van der Waals surface area contributed by atoms with Crippen molar-refractivity contribution in [3.63, 3.8) is 0 Å². The highest BCUT2D eigenvalue weighted by atomic mass is 79.9. The van der Waals surface area contributed by atoms with E-state index < -0.39 is 9.73 Å². The van der Waals surface area contributed by atoms with Gasteiger partial charge < -0.3 is 0 Å². The Kier molecular flexibility index (Phi) is 2.20. The third-order valence-corrected chi connectivity index (χ3v) is 5.07. The van der Waals surface area contributed by atoms with Gasteiger partial charge in [0.25, 0.3) is 0 Å². The summed E-state index contributed by atoms with van der Waals surface area (Å²) >= 11 is 3.31. The van der Waals surface area contributed by atoms with Crippen molar-refractivity contribution in [2.45, 2.75) is 23.0 Å². The molecule has 0 aliphatic heterocycles. The van der Waals surface area contributed by atoms with Gasteiger partial charge in [0.1, 0.15) is 0 Å². The average molecular weight is 260 g/mol. The van der Waals surface area contributed by atoms with Crippen LogP contribution in [0.4, 0.5) is 0 Å². The van der Waals surface area contributed by atoms with Crippen LogP contribution in [0.2, 0.25) is 0 Å². The molecule has 13 heavy (non-hydrogen) atoms. The lowest BCUT2D eigenvalue weighted by molar-refractivity contribution is 0.673. The van der Waals surface area contributed by atoms with Gasteiger partial charge in [0.05, 0.1) is 9.73 Å². The SMILES string of the molecule is N=[S@](=O)(c1ccc(Br)cc1)C1CC1. The Morgan fingerprint density at radius 3 is 2.31 bits per heavy atom. The fourth-order valence-electron chi connectivity index (χ4n) is 1.23. The van der Waals surface area contributed by atoms with Crippen LogP contribution in [0.5, 0.6) is 0 Å². The van der Waals surface area contributed by atoms with Crippen molar-refractivity contribution in [2.75, 3.05) is 0 Å². The van der Waals surface area contributed by atoms with Crippen molar-refractivity contribution in [3.05, 3.63) is 28.7 Å². The van der Waals surface area contributed by atoms with Gasteiger partial charge in [0.15, 0.2) is 0 Å². The van der Waals surface area contributed by atoms with Gasteiger partial charge in [-0.25, -0.2) is 8.99 Å². The maximum Gasteiger partial charge on any atom is 0.0755 e. The van der Waals surface area contributed by atoms with E-state index in [1.54, 1.807) is 12.1 Å². The molecular weight excluding hydrogens is 250 g/mol. The fraction of sp³-hybridized carbons (Fsp3) is 0.333. The molecule has 2 nitrogen and oxygen atoms in total. The molecule has 0 aromatic heterocycles. The van der Waals surface area contributed by atoms with Gasteiger partial charge in [-0.05, 0) is 37.1 Å². The third kappa shape index (κ3) is 1.79. The van der Waals surface area contributed by atoms with E-state index in [2.05, 4.69) is 15.9 Å². The summed E-state index contributed by atoms with van der Waals surface area (Å²) < 4.78 is 20.6. The van der Waals surface area contributed by atoms with E-state index in [1.165, 1.54) is 0 Å². The molecule has 1 fully saturated rings. The first-order valence-corrected chi connectivity index (χ1v) is 6.55. The molecule has 0 radical (unpaired) electrons. The molecule has 2 rings (SSSR count). The van der Waals surface area contributed by atoms with Crippen molar-refractivity contribution < 1.29 is 4.21 Å². The second kappa shape index (κ2) is 3.10. The Labute approximate surface area is 86.5 Å². The van der Waals surface area contributed by atoms with Crippen LogP contribution in [0.1, 0.15) is 12.8 Å². The average Bonchev–Trinajstić information content (AvgIpc) is 2.87. The van der Waals surface area contributed by atoms with Gasteiger partial charge in [0, 0.05) is 14.6 Å². The van der Waals surface area contributed by atoms with Gasteiger partial charge in [-0.15, -0.1) is 0 Å². The molecule has 70 valence electrons. The zero-order chi connectivity index (χ0) is 9.47. The van der Waals surface area contributed by atoms with E-state index in [4.69, 9.17) is 4.78 Å². The van der Waals surface area contributed by atoms with Crippen LogP contribution < -0.4 is 0 Å². The van der Waals surface area contributed by atoms with Crippen LogP contribution in [0.3, 0.4) is 0 Å². The third-order valence-electron chi connectivity index (χ3n) is 2.16. The van der Waals surface area contributed by atoms with Crippen LogP contribution in [0, 0.1) is 4.78 Å². The Bertz CT molecular complexity index is 406. The first kappa shape index (κ1) is 9.21. The van der Waals surface area contributed by atoms with E-state index in [1.807, 2.05) is 12.1 Å². The summed E-state index contributed by atoms with van der Waals surface area (Å²) in [4.78, 5) is 0.665. The summed E-state index contributed by atoms with van der Waals surface area (Å²) in [5.74, 6) is 0. The fourth-order valence-corrected chi connectivity index (χ4v) is 3.22. The molecule has 0 heterocycles. The molecule has 0 spiro atoms. The Morgan fingerprint density at radius 2 is 1.85 bits per heavy atom. The number of rotatable bonds is 2. The van der Waals surface area contributed by atoms with Crippen molar-refractivity contribution in [2.24, 2.45) is 0 Å². The smallest absolute Gasteiger partial charge is 0.0755 e. The lowest BCUT2D eigenvalue weighted by Gasteiger charge is -2.04. The molecule has 1 aliphatic rings. The summed E-state index contributed by atoms with van der Waals surface area (Å²) in [6, 6.07) is 7.23. The van der Waals surface area contributed by atoms with Crippen molar-refractivity contribution in [1.29, 1.82) is 4.78 Å². The van der Waals surface area contributed by atoms with Crippen LogP contribution in [0.25, 0.3) is 0 Å². The molecule has 1 aromatic rings.